The molecule has 0 spiro atoms. The third-order valence-corrected chi connectivity index (χ3v) is 3.95. The molecular formula is C18H16N4O2. The van der Waals surface area contributed by atoms with E-state index >= 15 is 0 Å². The minimum Gasteiger partial charge on any atom is -0.493 e. The zero-order valence-electron chi connectivity index (χ0n) is 13.4. The lowest BCUT2D eigenvalue weighted by atomic mass is 10.1. The predicted octanol–water partition coefficient (Wildman–Crippen LogP) is 3.48. The number of nitrogens with zero attached hydrogens (tertiary/aromatic N) is 3. The third kappa shape index (κ3) is 2.28. The summed E-state index contributed by atoms with van der Waals surface area (Å²) >= 11 is 0. The van der Waals surface area contributed by atoms with Gasteiger partial charge in [-0.25, -0.2) is 0 Å². The van der Waals surface area contributed by atoms with Crippen LogP contribution in [0.4, 0.5) is 5.69 Å². The first kappa shape index (κ1) is 14.3. The van der Waals surface area contributed by atoms with Crippen LogP contribution in [0.5, 0.6) is 11.5 Å². The molecule has 0 fully saturated rings. The second-order valence-electron chi connectivity index (χ2n) is 5.31. The topological polar surface area (TPSA) is 61.2 Å². The Hall–Kier alpha value is -3.28. The van der Waals surface area contributed by atoms with E-state index in [4.69, 9.17) is 9.47 Å². The SMILES string of the molecule is COc1cc2nccc(Nn3ncc4ccccc43)c2cc1OC. The number of aromatic nitrogens is 3. The van der Waals surface area contributed by atoms with Gasteiger partial charge in [-0.1, -0.05) is 18.2 Å². The monoisotopic (exact) mass is 320 g/mol. The lowest BCUT2D eigenvalue weighted by Gasteiger charge is -2.13. The van der Waals surface area contributed by atoms with Gasteiger partial charge in [0.25, 0.3) is 0 Å². The Kier molecular flexibility index (Phi) is 3.42. The van der Waals surface area contributed by atoms with Gasteiger partial charge in [0.1, 0.15) is 0 Å². The highest BCUT2D eigenvalue weighted by Crippen LogP contribution is 2.34. The fraction of sp³-hybridized carbons (Fsp3) is 0.111. The van der Waals surface area contributed by atoms with E-state index in [-0.39, 0.29) is 0 Å². The molecule has 6 heteroatoms. The molecule has 0 atom stereocenters. The second kappa shape index (κ2) is 5.73. The highest BCUT2D eigenvalue weighted by Gasteiger charge is 2.11. The quantitative estimate of drug-likeness (QED) is 0.624. The Bertz CT molecular complexity index is 1030. The normalized spacial score (nSPS) is 10.9. The number of rotatable bonds is 4. The Morgan fingerprint density at radius 1 is 1.00 bits per heavy atom. The maximum atomic E-state index is 5.40. The summed E-state index contributed by atoms with van der Waals surface area (Å²) < 4.78 is 10.7. The van der Waals surface area contributed by atoms with Gasteiger partial charge in [-0.2, -0.15) is 9.89 Å². The van der Waals surface area contributed by atoms with Crippen LogP contribution < -0.4 is 14.9 Å². The van der Waals surface area contributed by atoms with Crippen molar-refractivity contribution >= 4 is 27.5 Å². The molecule has 120 valence electrons. The van der Waals surface area contributed by atoms with Crippen LogP contribution in [-0.2, 0) is 0 Å². The molecule has 4 rings (SSSR count). The van der Waals surface area contributed by atoms with Crippen LogP contribution in [-0.4, -0.2) is 29.1 Å². The lowest BCUT2D eigenvalue weighted by Crippen LogP contribution is -2.10. The van der Waals surface area contributed by atoms with Gasteiger partial charge >= 0.3 is 0 Å². The summed E-state index contributed by atoms with van der Waals surface area (Å²) in [6, 6.07) is 13.7. The first-order valence-corrected chi connectivity index (χ1v) is 7.50. The summed E-state index contributed by atoms with van der Waals surface area (Å²) in [4.78, 5) is 6.16. The molecule has 0 unspecified atom stereocenters. The van der Waals surface area contributed by atoms with E-state index in [0.29, 0.717) is 11.5 Å². The van der Waals surface area contributed by atoms with Crippen molar-refractivity contribution in [3.8, 4) is 11.5 Å². The molecule has 1 N–H and O–H groups in total. The number of nitrogens with one attached hydrogen (secondary N) is 1. The van der Waals surface area contributed by atoms with Gasteiger partial charge in [0, 0.05) is 23.0 Å². The van der Waals surface area contributed by atoms with Crippen LogP contribution in [0.1, 0.15) is 0 Å². The molecule has 4 aromatic rings. The maximum absolute atomic E-state index is 5.40. The van der Waals surface area contributed by atoms with Crippen molar-refractivity contribution < 1.29 is 9.47 Å². The van der Waals surface area contributed by atoms with Crippen molar-refractivity contribution in [3.63, 3.8) is 0 Å². The number of hydrogen-bond donors (Lipinski definition) is 1. The highest BCUT2D eigenvalue weighted by atomic mass is 16.5. The average Bonchev–Trinajstić information content (AvgIpc) is 3.04. The third-order valence-electron chi connectivity index (χ3n) is 3.95. The molecule has 0 amide bonds. The van der Waals surface area contributed by atoms with Crippen LogP contribution in [0.2, 0.25) is 0 Å². The van der Waals surface area contributed by atoms with E-state index in [1.165, 1.54) is 0 Å². The van der Waals surface area contributed by atoms with Gasteiger partial charge in [-0.05, 0) is 18.2 Å². The summed E-state index contributed by atoms with van der Waals surface area (Å²) in [5.74, 6) is 1.31. The number of ether oxygens (including phenoxy) is 2. The van der Waals surface area contributed by atoms with Crippen molar-refractivity contribution in [1.29, 1.82) is 0 Å². The lowest BCUT2D eigenvalue weighted by molar-refractivity contribution is 0.356. The minimum atomic E-state index is 0.652. The average molecular weight is 320 g/mol. The Morgan fingerprint density at radius 3 is 2.62 bits per heavy atom. The van der Waals surface area contributed by atoms with Gasteiger partial charge in [-0.15, -0.1) is 0 Å². The number of benzene rings is 2. The smallest absolute Gasteiger partial charge is 0.162 e. The van der Waals surface area contributed by atoms with Gasteiger partial charge in [0.05, 0.1) is 37.1 Å². The van der Waals surface area contributed by atoms with Crippen LogP contribution in [0.3, 0.4) is 0 Å². The Balaban J connectivity index is 1.84. The number of pyridine rings is 1. The van der Waals surface area contributed by atoms with Gasteiger partial charge in [-0.3, -0.25) is 10.4 Å². The van der Waals surface area contributed by atoms with Crippen molar-refractivity contribution in [2.45, 2.75) is 0 Å². The number of methoxy groups -OCH3 is 2. The molecule has 2 aromatic heterocycles. The van der Waals surface area contributed by atoms with E-state index in [2.05, 4.69) is 15.5 Å². The van der Waals surface area contributed by atoms with Crippen LogP contribution in [0.25, 0.3) is 21.8 Å². The van der Waals surface area contributed by atoms with Gasteiger partial charge < -0.3 is 9.47 Å². The number of fused-ring (bicyclic) bond motifs is 2. The fourth-order valence-electron chi connectivity index (χ4n) is 2.75. The number of para-hydroxylation sites is 1. The van der Waals surface area contributed by atoms with Gasteiger partial charge in [0.15, 0.2) is 11.5 Å². The van der Waals surface area contributed by atoms with Crippen molar-refractivity contribution in [2.24, 2.45) is 0 Å². The van der Waals surface area contributed by atoms with Gasteiger partial charge in [0.2, 0.25) is 0 Å². The molecule has 0 aliphatic heterocycles. The van der Waals surface area contributed by atoms with E-state index < -0.39 is 0 Å². The molecule has 6 nitrogen and oxygen atoms in total. The van der Waals surface area contributed by atoms with E-state index in [1.807, 2.05) is 48.7 Å². The molecule has 24 heavy (non-hydrogen) atoms. The summed E-state index contributed by atoms with van der Waals surface area (Å²) in [5, 5.41) is 6.40. The van der Waals surface area contributed by atoms with Crippen LogP contribution in [0.15, 0.2) is 54.9 Å². The van der Waals surface area contributed by atoms with Crippen LogP contribution in [0, 0.1) is 0 Å². The van der Waals surface area contributed by atoms with E-state index in [1.54, 1.807) is 25.2 Å². The second-order valence-corrected chi connectivity index (χ2v) is 5.31. The molecule has 0 bridgehead atoms. The molecular weight excluding hydrogens is 304 g/mol. The summed E-state index contributed by atoms with van der Waals surface area (Å²) in [5.41, 5.74) is 6.03. The predicted molar refractivity (Wildman–Crippen MR) is 93.6 cm³/mol. The van der Waals surface area contributed by atoms with E-state index in [0.717, 1.165) is 27.5 Å². The molecule has 2 heterocycles. The summed E-state index contributed by atoms with van der Waals surface area (Å²) in [7, 11) is 3.23. The van der Waals surface area contributed by atoms with E-state index in [9.17, 15) is 0 Å². The highest BCUT2D eigenvalue weighted by molar-refractivity contribution is 5.93. The maximum Gasteiger partial charge on any atom is 0.162 e. The summed E-state index contributed by atoms with van der Waals surface area (Å²) in [6.45, 7) is 0. The number of anilines is 1. The molecule has 2 aromatic carbocycles. The van der Waals surface area contributed by atoms with Crippen molar-refractivity contribution in [1.82, 2.24) is 14.9 Å². The molecule has 0 saturated heterocycles. The first-order valence-electron chi connectivity index (χ1n) is 7.50. The zero-order chi connectivity index (χ0) is 16.5. The Labute approximate surface area is 138 Å². The standard InChI is InChI=1S/C18H16N4O2/c1-23-17-9-13-14(7-8-19-15(13)10-18(17)24-2)21-22-16-6-4-3-5-12(16)11-20-22/h3-11H,1-2H3,(H,19,21). The first-order chi connectivity index (χ1) is 11.8. The van der Waals surface area contributed by atoms with Crippen molar-refractivity contribution in [2.75, 3.05) is 19.6 Å². The molecule has 0 radical (unpaired) electrons. The largest absolute Gasteiger partial charge is 0.493 e. The summed E-state index contributed by atoms with van der Waals surface area (Å²) in [6.07, 6.45) is 3.58. The zero-order valence-corrected chi connectivity index (χ0v) is 13.4. The minimum absolute atomic E-state index is 0.652. The van der Waals surface area contributed by atoms with Crippen LogP contribution >= 0.6 is 0 Å². The number of hydrogen-bond acceptors (Lipinski definition) is 5. The fourth-order valence-corrected chi connectivity index (χ4v) is 2.75. The molecule has 0 saturated carbocycles. The molecule has 0 aliphatic carbocycles. The Morgan fingerprint density at radius 2 is 1.79 bits per heavy atom. The molecule has 0 aliphatic rings. The van der Waals surface area contributed by atoms with Crippen molar-refractivity contribution in [3.05, 3.63) is 54.9 Å².